The lowest BCUT2D eigenvalue weighted by Crippen LogP contribution is -2.37. The van der Waals surface area contributed by atoms with Crippen molar-refractivity contribution in [2.45, 2.75) is 12.6 Å². The molecule has 0 spiro atoms. The summed E-state index contributed by atoms with van der Waals surface area (Å²) in [7, 11) is 3.11. The predicted octanol–water partition coefficient (Wildman–Crippen LogP) is 2.24. The first-order chi connectivity index (χ1) is 14.9. The molecule has 1 unspecified atom stereocenters. The summed E-state index contributed by atoms with van der Waals surface area (Å²) in [6.07, 6.45) is -0.627. The molecule has 0 aliphatic carbocycles. The molecule has 0 saturated carbocycles. The minimum atomic E-state index is -0.627. The molecule has 0 saturated heterocycles. The smallest absolute Gasteiger partial charge is 0.331 e. The van der Waals surface area contributed by atoms with Crippen molar-refractivity contribution in [1.82, 2.24) is 13.7 Å². The van der Waals surface area contributed by atoms with Crippen molar-refractivity contribution in [2.75, 3.05) is 6.61 Å². The van der Waals surface area contributed by atoms with E-state index in [0.29, 0.717) is 35.3 Å². The normalized spacial score (nSPS) is 15.9. The second-order valence-electron chi connectivity index (χ2n) is 7.68. The lowest BCUT2D eigenvalue weighted by molar-refractivity contribution is 0.0477. The molecule has 2 aromatic carbocycles. The molecule has 3 heterocycles. The van der Waals surface area contributed by atoms with Gasteiger partial charge in [0.15, 0.2) is 11.5 Å². The number of rotatable bonds is 2. The summed E-state index contributed by atoms with van der Waals surface area (Å²) in [5.41, 5.74) is 2.59. The fraction of sp³-hybridized carbons (Fsp3) is 0.217. The topological polar surface area (TPSA) is 98.6 Å². The summed E-state index contributed by atoms with van der Waals surface area (Å²) in [4.78, 5) is 26.1. The van der Waals surface area contributed by atoms with Gasteiger partial charge in [0.25, 0.3) is 5.56 Å². The Morgan fingerprint density at radius 3 is 2.42 bits per heavy atom. The van der Waals surface area contributed by atoms with Gasteiger partial charge in [0.2, 0.25) is 0 Å². The van der Waals surface area contributed by atoms with Crippen molar-refractivity contribution in [3.05, 3.63) is 80.6 Å². The van der Waals surface area contributed by atoms with Gasteiger partial charge in [-0.1, -0.05) is 36.4 Å². The number of hydrogen-bond acceptors (Lipinski definition) is 5. The van der Waals surface area contributed by atoms with Gasteiger partial charge < -0.3 is 19.5 Å². The van der Waals surface area contributed by atoms with Crippen molar-refractivity contribution >= 4 is 10.9 Å². The van der Waals surface area contributed by atoms with Gasteiger partial charge in [0.1, 0.15) is 6.10 Å². The highest BCUT2D eigenvalue weighted by atomic mass is 16.5. The molecular weight excluding hydrogens is 398 g/mol. The Morgan fingerprint density at radius 2 is 1.71 bits per heavy atom. The molecule has 1 aliphatic heterocycles. The Bertz CT molecular complexity index is 1450. The van der Waals surface area contributed by atoms with E-state index in [0.717, 1.165) is 15.8 Å². The highest BCUT2D eigenvalue weighted by Gasteiger charge is 2.33. The first kappa shape index (κ1) is 19.2. The summed E-state index contributed by atoms with van der Waals surface area (Å²) in [5, 5.41) is 20.2. The molecular formula is C23H21N3O5. The molecule has 5 rings (SSSR count). The van der Waals surface area contributed by atoms with Crippen LogP contribution in [0.1, 0.15) is 17.4 Å². The Labute approximate surface area is 176 Å². The predicted molar refractivity (Wildman–Crippen MR) is 115 cm³/mol. The van der Waals surface area contributed by atoms with Gasteiger partial charge in [-0.3, -0.25) is 13.9 Å². The third-order valence-corrected chi connectivity index (χ3v) is 5.90. The molecule has 8 heteroatoms. The molecule has 1 aliphatic rings. The molecule has 0 radical (unpaired) electrons. The fourth-order valence-corrected chi connectivity index (χ4v) is 4.43. The number of aromatic nitrogens is 3. The standard InChI is InChI=1S/C23H21N3O5/c1-24-19-17(22(29)25(2)23(24)30)18(13-6-4-3-5-7-13)26-10-11-31-21(20(19)26)14-8-9-15(27)16(28)12-14/h3-9,12,21,27-28H,10-11H2,1-2H3. The summed E-state index contributed by atoms with van der Waals surface area (Å²) >= 11 is 0. The number of fused-ring (bicyclic) bond motifs is 3. The van der Waals surface area contributed by atoms with Crippen LogP contribution in [0.5, 0.6) is 11.5 Å². The third-order valence-electron chi connectivity index (χ3n) is 5.90. The molecule has 31 heavy (non-hydrogen) atoms. The Balaban J connectivity index is 1.94. The van der Waals surface area contributed by atoms with Crippen molar-refractivity contribution in [1.29, 1.82) is 0 Å². The van der Waals surface area contributed by atoms with Crippen molar-refractivity contribution in [3.8, 4) is 22.8 Å². The lowest BCUT2D eigenvalue weighted by atomic mass is 10.0. The van der Waals surface area contributed by atoms with Crippen LogP contribution in [-0.2, 0) is 25.4 Å². The van der Waals surface area contributed by atoms with Crippen LogP contribution in [0.15, 0.2) is 58.1 Å². The van der Waals surface area contributed by atoms with Gasteiger partial charge in [0, 0.05) is 20.6 Å². The number of nitrogens with zero attached hydrogens (tertiary/aromatic N) is 3. The van der Waals surface area contributed by atoms with E-state index in [-0.39, 0.29) is 17.1 Å². The van der Waals surface area contributed by atoms with E-state index in [9.17, 15) is 19.8 Å². The number of hydrogen-bond donors (Lipinski definition) is 2. The average molecular weight is 419 g/mol. The molecule has 2 N–H and O–H groups in total. The molecule has 2 aromatic heterocycles. The van der Waals surface area contributed by atoms with Crippen LogP contribution in [0.25, 0.3) is 22.2 Å². The second-order valence-corrected chi connectivity index (χ2v) is 7.68. The Morgan fingerprint density at radius 1 is 0.968 bits per heavy atom. The van der Waals surface area contributed by atoms with Crippen molar-refractivity contribution in [2.24, 2.45) is 14.1 Å². The van der Waals surface area contributed by atoms with E-state index in [1.165, 1.54) is 23.7 Å². The number of aryl methyl sites for hydroxylation is 1. The monoisotopic (exact) mass is 419 g/mol. The van der Waals surface area contributed by atoms with E-state index < -0.39 is 11.8 Å². The van der Waals surface area contributed by atoms with Gasteiger partial charge in [0.05, 0.1) is 28.9 Å². The Hall–Kier alpha value is -3.78. The Kier molecular flexibility index (Phi) is 4.26. The van der Waals surface area contributed by atoms with Gasteiger partial charge >= 0.3 is 5.69 Å². The van der Waals surface area contributed by atoms with Crippen molar-refractivity contribution < 1.29 is 14.9 Å². The van der Waals surface area contributed by atoms with E-state index >= 15 is 0 Å². The quantitative estimate of drug-likeness (QED) is 0.486. The molecule has 0 bridgehead atoms. The first-order valence-electron chi connectivity index (χ1n) is 9.91. The van der Waals surface area contributed by atoms with E-state index in [4.69, 9.17) is 4.74 Å². The van der Waals surface area contributed by atoms with Crippen LogP contribution in [0, 0.1) is 0 Å². The maximum atomic E-state index is 13.3. The molecule has 158 valence electrons. The van der Waals surface area contributed by atoms with E-state index in [1.807, 2.05) is 34.9 Å². The van der Waals surface area contributed by atoms with Crippen LogP contribution in [0.4, 0.5) is 0 Å². The number of benzene rings is 2. The lowest BCUT2D eigenvalue weighted by Gasteiger charge is -2.28. The highest BCUT2D eigenvalue weighted by molar-refractivity contribution is 5.96. The number of phenolic OH excluding ortho intramolecular Hbond substituents is 2. The zero-order valence-electron chi connectivity index (χ0n) is 17.1. The van der Waals surface area contributed by atoms with Crippen molar-refractivity contribution in [3.63, 3.8) is 0 Å². The first-order valence-corrected chi connectivity index (χ1v) is 9.91. The minimum absolute atomic E-state index is 0.231. The van der Waals surface area contributed by atoms with E-state index in [1.54, 1.807) is 13.1 Å². The molecule has 0 amide bonds. The number of phenols is 2. The largest absolute Gasteiger partial charge is 0.504 e. The second kappa shape index (κ2) is 6.88. The number of aromatic hydroxyl groups is 2. The van der Waals surface area contributed by atoms with Crippen LogP contribution >= 0.6 is 0 Å². The summed E-state index contributed by atoms with van der Waals surface area (Å²) in [6.45, 7) is 0.889. The minimum Gasteiger partial charge on any atom is -0.504 e. The zero-order chi connectivity index (χ0) is 21.9. The van der Waals surface area contributed by atoms with E-state index in [2.05, 4.69) is 0 Å². The number of ether oxygens (including phenoxy) is 1. The van der Waals surface area contributed by atoms with Gasteiger partial charge in [-0.05, 0) is 23.3 Å². The SMILES string of the molecule is Cn1c(=O)c2c(-c3ccccc3)n3c(c2n(C)c1=O)C(c1ccc(O)c(O)c1)OCC3. The summed E-state index contributed by atoms with van der Waals surface area (Å²) in [5.74, 6) is -0.492. The highest BCUT2D eigenvalue weighted by Crippen LogP contribution is 2.41. The molecule has 4 aromatic rings. The fourth-order valence-electron chi connectivity index (χ4n) is 4.43. The van der Waals surface area contributed by atoms with Crippen LogP contribution in [-0.4, -0.2) is 30.5 Å². The maximum absolute atomic E-state index is 13.3. The maximum Gasteiger partial charge on any atom is 0.331 e. The van der Waals surface area contributed by atoms with Gasteiger partial charge in [-0.25, -0.2) is 4.79 Å². The zero-order valence-corrected chi connectivity index (χ0v) is 17.1. The summed E-state index contributed by atoms with van der Waals surface area (Å²) in [6, 6.07) is 14.1. The van der Waals surface area contributed by atoms with Crippen LogP contribution in [0.2, 0.25) is 0 Å². The molecule has 1 atom stereocenters. The average Bonchev–Trinajstić information content (AvgIpc) is 3.14. The van der Waals surface area contributed by atoms with Gasteiger partial charge in [-0.15, -0.1) is 0 Å². The van der Waals surface area contributed by atoms with Crippen LogP contribution < -0.4 is 11.2 Å². The van der Waals surface area contributed by atoms with Crippen LogP contribution in [0.3, 0.4) is 0 Å². The summed E-state index contributed by atoms with van der Waals surface area (Å²) < 4.78 is 10.7. The third kappa shape index (κ3) is 2.72. The molecule has 0 fully saturated rings. The van der Waals surface area contributed by atoms with Gasteiger partial charge in [-0.2, -0.15) is 0 Å². The molecule has 8 nitrogen and oxygen atoms in total.